The second-order valence-corrected chi connectivity index (χ2v) is 8.88. The molecular formula is C22H23NO4S. The number of rotatable bonds is 7. The zero-order valence-electron chi connectivity index (χ0n) is 15.9. The number of sulfone groups is 1. The Morgan fingerprint density at radius 1 is 1.04 bits per heavy atom. The Bertz CT molecular complexity index is 1040. The Labute approximate surface area is 165 Å². The van der Waals surface area contributed by atoms with Gasteiger partial charge in [-0.25, -0.2) is 8.42 Å². The molecule has 0 saturated heterocycles. The van der Waals surface area contributed by atoms with Crippen molar-refractivity contribution >= 4 is 15.7 Å². The van der Waals surface area contributed by atoms with E-state index >= 15 is 0 Å². The van der Waals surface area contributed by atoms with Crippen LogP contribution in [0.1, 0.15) is 27.7 Å². The van der Waals surface area contributed by atoms with Crippen LogP contribution >= 0.6 is 0 Å². The zero-order chi connectivity index (χ0) is 20.1. The van der Waals surface area contributed by atoms with Crippen molar-refractivity contribution in [1.29, 1.82) is 0 Å². The van der Waals surface area contributed by atoms with Crippen molar-refractivity contribution in [2.24, 2.45) is 0 Å². The van der Waals surface area contributed by atoms with Crippen LogP contribution in [0.5, 0.6) is 0 Å². The normalized spacial score (nSPS) is 12.5. The molecule has 1 heterocycles. The van der Waals surface area contributed by atoms with E-state index in [1.54, 1.807) is 31.2 Å². The number of amides is 1. The first-order valence-electron chi connectivity index (χ1n) is 9.03. The van der Waals surface area contributed by atoms with Crippen LogP contribution in [-0.4, -0.2) is 20.9 Å². The Hall–Kier alpha value is -2.86. The molecule has 3 aromatic rings. The second kappa shape index (κ2) is 8.44. The lowest BCUT2D eigenvalue weighted by Crippen LogP contribution is -2.33. The van der Waals surface area contributed by atoms with Gasteiger partial charge in [0.1, 0.15) is 11.0 Å². The SMILES string of the molecule is Cc1ccc(C)c(S(=O)(=O)[C@H](CNC(=O)Cc2ccccc2)c2ccco2)c1. The summed E-state index contributed by atoms with van der Waals surface area (Å²) in [5.41, 5.74) is 2.39. The smallest absolute Gasteiger partial charge is 0.224 e. The molecule has 1 N–H and O–H groups in total. The van der Waals surface area contributed by atoms with E-state index in [9.17, 15) is 13.2 Å². The summed E-state index contributed by atoms with van der Waals surface area (Å²) in [6.07, 6.45) is 1.63. The van der Waals surface area contributed by atoms with Crippen LogP contribution in [-0.2, 0) is 21.1 Å². The summed E-state index contributed by atoms with van der Waals surface area (Å²) in [4.78, 5) is 12.6. The van der Waals surface area contributed by atoms with Crippen LogP contribution in [0.3, 0.4) is 0 Å². The van der Waals surface area contributed by atoms with Crippen molar-refractivity contribution in [3.63, 3.8) is 0 Å². The number of carbonyl (C=O) groups excluding carboxylic acids is 1. The third-order valence-electron chi connectivity index (χ3n) is 4.58. The van der Waals surface area contributed by atoms with Crippen LogP contribution in [0, 0.1) is 13.8 Å². The van der Waals surface area contributed by atoms with E-state index in [1.807, 2.05) is 43.3 Å². The highest BCUT2D eigenvalue weighted by molar-refractivity contribution is 7.91. The lowest BCUT2D eigenvalue weighted by Gasteiger charge is -2.18. The molecule has 5 nitrogen and oxygen atoms in total. The molecule has 1 amide bonds. The number of furan rings is 1. The van der Waals surface area contributed by atoms with Gasteiger partial charge in [-0.2, -0.15) is 0 Å². The van der Waals surface area contributed by atoms with E-state index in [2.05, 4.69) is 5.32 Å². The lowest BCUT2D eigenvalue weighted by atomic mass is 10.1. The van der Waals surface area contributed by atoms with Gasteiger partial charge in [0.15, 0.2) is 9.84 Å². The quantitative estimate of drug-likeness (QED) is 0.658. The van der Waals surface area contributed by atoms with Gasteiger partial charge in [0.2, 0.25) is 5.91 Å². The number of benzene rings is 2. The van der Waals surface area contributed by atoms with Crippen LogP contribution in [0.2, 0.25) is 0 Å². The van der Waals surface area contributed by atoms with Gasteiger partial charge in [-0.15, -0.1) is 0 Å². The summed E-state index contributed by atoms with van der Waals surface area (Å²) in [7, 11) is -3.75. The Morgan fingerprint density at radius 2 is 1.79 bits per heavy atom. The third kappa shape index (κ3) is 4.51. The van der Waals surface area contributed by atoms with Crippen molar-refractivity contribution in [2.75, 3.05) is 6.54 Å². The second-order valence-electron chi connectivity index (χ2n) is 6.78. The van der Waals surface area contributed by atoms with Crippen molar-refractivity contribution < 1.29 is 17.6 Å². The van der Waals surface area contributed by atoms with Gasteiger partial charge in [0.25, 0.3) is 0 Å². The number of hydrogen-bond acceptors (Lipinski definition) is 4. The Kier molecular flexibility index (Phi) is 5.99. The molecule has 1 aromatic heterocycles. The molecule has 28 heavy (non-hydrogen) atoms. The Morgan fingerprint density at radius 3 is 2.46 bits per heavy atom. The monoisotopic (exact) mass is 397 g/mol. The van der Waals surface area contributed by atoms with E-state index < -0.39 is 15.1 Å². The van der Waals surface area contributed by atoms with Crippen molar-refractivity contribution in [2.45, 2.75) is 30.4 Å². The fourth-order valence-electron chi connectivity index (χ4n) is 3.06. The van der Waals surface area contributed by atoms with Crippen molar-refractivity contribution in [3.05, 3.63) is 89.4 Å². The number of nitrogens with one attached hydrogen (secondary N) is 1. The average molecular weight is 397 g/mol. The first-order valence-corrected chi connectivity index (χ1v) is 10.6. The van der Waals surface area contributed by atoms with Gasteiger partial charge in [0.05, 0.1) is 17.6 Å². The maximum Gasteiger partial charge on any atom is 0.224 e. The number of carbonyl (C=O) groups is 1. The van der Waals surface area contributed by atoms with Crippen molar-refractivity contribution in [3.8, 4) is 0 Å². The number of hydrogen-bond donors (Lipinski definition) is 1. The first kappa shape index (κ1) is 19.9. The largest absolute Gasteiger partial charge is 0.468 e. The molecular weight excluding hydrogens is 374 g/mol. The van der Waals surface area contributed by atoms with Crippen molar-refractivity contribution in [1.82, 2.24) is 5.32 Å². The summed E-state index contributed by atoms with van der Waals surface area (Å²) in [6.45, 7) is 3.55. The van der Waals surface area contributed by atoms with Gasteiger partial charge in [0, 0.05) is 6.54 Å². The number of aryl methyl sites for hydroxylation is 2. The molecule has 0 radical (unpaired) electrons. The van der Waals surface area contributed by atoms with Gasteiger partial charge in [-0.3, -0.25) is 4.79 Å². The maximum absolute atomic E-state index is 13.4. The highest BCUT2D eigenvalue weighted by Crippen LogP contribution is 2.31. The van der Waals surface area contributed by atoms with E-state index in [0.717, 1.165) is 11.1 Å². The zero-order valence-corrected chi connectivity index (χ0v) is 16.7. The molecule has 6 heteroatoms. The molecule has 146 valence electrons. The molecule has 0 saturated carbocycles. The minimum atomic E-state index is -3.75. The third-order valence-corrected chi connectivity index (χ3v) is 6.78. The molecule has 1 atom stereocenters. The maximum atomic E-state index is 13.4. The minimum Gasteiger partial charge on any atom is -0.468 e. The standard InChI is InChI=1S/C22H23NO4S/c1-16-10-11-17(2)20(13-16)28(25,26)21(19-9-6-12-27-19)15-23-22(24)14-18-7-4-3-5-8-18/h3-13,21H,14-15H2,1-2H3,(H,23,24)/t21-/m1/s1. The highest BCUT2D eigenvalue weighted by Gasteiger charge is 2.33. The molecule has 2 aromatic carbocycles. The minimum absolute atomic E-state index is 0.0606. The summed E-state index contributed by atoms with van der Waals surface area (Å²) in [5, 5.41) is 1.75. The van der Waals surface area contributed by atoms with E-state index in [4.69, 9.17) is 4.42 Å². The molecule has 0 bridgehead atoms. The van der Waals surface area contributed by atoms with E-state index in [1.165, 1.54) is 6.26 Å². The predicted molar refractivity (Wildman–Crippen MR) is 108 cm³/mol. The fourth-order valence-corrected chi connectivity index (χ4v) is 4.97. The molecule has 0 aliphatic heterocycles. The molecule has 0 spiro atoms. The van der Waals surface area contributed by atoms with E-state index in [-0.39, 0.29) is 23.8 Å². The highest BCUT2D eigenvalue weighted by atomic mass is 32.2. The van der Waals surface area contributed by atoms with Gasteiger partial charge in [-0.05, 0) is 48.7 Å². The van der Waals surface area contributed by atoms with Crippen LogP contribution in [0.25, 0.3) is 0 Å². The summed E-state index contributed by atoms with van der Waals surface area (Å²) in [6, 6.07) is 17.9. The van der Waals surface area contributed by atoms with Gasteiger partial charge >= 0.3 is 0 Å². The molecule has 0 aliphatic carbocycles. The average Bonchev–Trinajstić information content (AvgIpc) is 3.18. The van der Waals surface area contributed by atoms with Crippen LogP contribution in [0.15, 0.2) is 76.2 Å². The molecule has 3 rings (SSSR count). The molecule has 0 unspecified atom stereocenters. The van der Waals surface area contributed by atoms with Crippen LogP contribution < -0.4 is 5.32 Å². The predicted octanol–water partition coefficient (Wildman–Crippen LogP) is 3.77. The van der Waals surface area contributed by atoms with Gasteiger partial charge < -0.3 is 9.73 Å². The van der Waals surface area contributed by atoms with Crippen LogP contribution in [0.4, 0.5) is 0 Å². The first-order chi connectivity index (χ1) is 13.4. The molecule has 0 fully saturated rings. The summed E-state index contributed by atoms with van der Waals surface area (Å²) in [5.74, 6) is 0.0693. The van der Waals surface area contributed by atoms with E-state index in [0.29, 0.717) is 11.3 Å². The van der Waals surface area contributed by atoms with Gasteiger partial charge in [-0.1, -0.05) is 42.5 Å². The Balaban J connectivity index is 1.84. The fraction of sp³-hybridized carbons (Fsp3) is 0.227. The summed E-state index contributed by atoms with van der Waals surface area (Å²) >= 11 is 0. The molecule has 0 aliphatic rings. The lowest BCUT2D eigenvalue weighted by molar-refractivity contribution is -0.120. The topological polar surface area (TPSA) is 76.4 Å². The summed E-state index contributed by atoms with van der Waals surface area (Å²) < 4.78 is 32.1.